The minimum atomic E-state index is 0. The average molecular weight is 300 g/mol. The molecule has 0 saturated carbocycles. The number of rotatable bonds is 5. The van der Waals surface area contributed by atoms with E-state index < -0.39 is 0 Å². The van der Waals surface area contributed by atoms with Crippen molar-refractivity contribution in [2.75, 3.05) is 39.1 Å². The van der Waals surface area contributed by atoms with Crippen LogP contribution in [0.4, 0.5) is 5.69 Å². The summed E-state index contributed by atoms with van der Waals surface area (Å²) in [6.07, 6.45) is 1.10. The molecule has 6 heteroatoms. The summed E-state index contributed by atoms with van der Waals surface area (Å²) in [7, 11) is 3.61. The summed E-state index contributed by atoms with van der Waals surface area (Å²) in [4.78, 5) is 14.0. The second-order valence-electron chi connectivity index (χ2n) is 4.84. The number of carbonyl (C=O) groups is 1. The molecule has 1 aliphatic rings. The second kappa shape index (κ2) is 8.09. The lowest BCUT2D eigenvalue weighted by Gasteiger charge is -2.22. The topological polar surface area (TPSA) is 53.6 Å². The zero-order chi connectivity index (χ0) is 13.7. The summed E-state index contributed by atoms with van der Waals surface area (Å²) < 4.78 is 5.08. The highest BCUT2D eigenvalue weighted by atomic mass is 35.5. The Morgan fingerprint density at radius 3 is 2.70 bits per heavy atom. The molecule has 2 rings (SSSR count). The Kier molecular flexibility index (Phi) is 6.78. The lowest BCUT2D eigenvalue weighted by molar-refractivity contribution is -0.117. The van der Waals surface area contributed by atoms with E-state index in [1.54, 1.807) is 7.11 Å². The average Bonchev–Trinajstić information content (AvgIpc) is 2.93. The van der Waals surface area contributed by atoms with Crippen molar-refractivity contribution in [3.8, 4) is 5.75 Å². The molecule has 1 aromatic rings. The Hall–Kier alpha value is -1.30. The summed E-state index contributed by atoms with van der Waals surface area (Å²) in [5, 5.41) is 6.19. The molecule has 0 aliphatic carbocycles. The fourth-order valence-corrected chi connectivity index (χ4v) is 2.25. The summed E-state index contributed by atoms with van der Waals surface area (Å²) in [6, 6.07) is 7.81. The van der Waals surface area contributed by atoms with Gasteiger partial charge in [-0.15, -0.1) is 12.4 Å². The minimum absolute atomic E-state index is 0. The Morgan fingerprint density at radius 1 is 1.45 bits per heavy atom. The molecule has 1 aromatic carbocycles. The Bertz CT molecular complexity index is 419. The van der Waals surface area contributed by atoms with Crippen LogP contribution < -0.4 is 15.4 Å². The largest absolute Gasteiger partial charge is 0.497 e. The Balaban J connectivity index is 0.00000200. The standard InChI is InChI=1S/C14H21N3O2.ClH/c1-17(12-7-8-15-9-12)10-14(18)16-11-3-5-13(19-2)6-4-11;/h3-6,12,15H,7-10H2,1-2H3,(H,16,18);1H. The van der Waals surface area contributed by atoms with Crippen LogP contribution in [-0.2, 0) is 4.79 Å². The van der Waals surface area contributed by atoms with E-state index in [4.69, 9.17) is 4.74 Å². The van der Waals surface area contributed by atoms with Crippen LogP contribution >= 0.6 is 12.4 Å². The third-order valence-corrected chi connectivity index (χ3v) is 3.42. The first-order valence-corrected chi connectivity index (χ1v) is 6.54. The Morgan fingerprint density at radius 2 is 2.15 bits per heavy atom. The van der Waals surface area contributed by atoms with Gasteiger partial charge in [-0.2, -0.15) is 0 Å². The molecule has 0 radical (unpaired) electrons. The van der Waals surface area contributed by atoms with E-state index in [0.717, 1.165) is 30.9 Å². The predicted octanol–water partition coefficient (Wildman–Crippen LogP) is 1.35. The maximum atomic E-state index is 11.9. The number of methoxy groups -OCH3 is 1. The summed E-state index contributed by atoms with van der Waals surface area (Å²) in [5.74, 6) is 0.798. The number of ether oxygens (including phenoxy) is 1. The fourth-order valence-electron chi connectivity index (χ4n) is 2.25. The lowest BCUT2D eigenvalue weighted by Crippen LogP contribution is -2.39. The van der Waals surface area contributed by atoms with Gasteiger partial charge in [0.05, 0.1) is 13.7 Å². The number of amides is 1. The Labute approximate surface area is 126 Å². The fraction of sp³-hybridized carbons (Fsp3) is 0.500. The number of likely N-dealkylation sites (N-methyl/N-ethyl adjacent to an activating group) is 1. The monoisotopic (exact) mass is 299 g/mol. The molecule has 2 N–H and O–H groups in total. The smallest absolute Gasteiger partial charge is 0.238 e. The molecule has 1 saturated heterocycles. The van der Waals surface area contributed by atoms with E-state index in [0.29, 0.717) is 12.6 Å². The zero-order valence-electron chi connectivity index (χ0n) is 11.9. The van der Waals surface area contributed by atoms with Crippen molar-refractivity contribution < 1.29 is 9.53 Å². The molecular weight excluding hydrogens is 278 g/mol. The van der Waals surface area contributed by atoms with Gasteiger partial charge in [0.15, 0.2) is 0 Å². The zero-order valence-corrected chi connectivity index (χ0v) is 12.7. The highest BCUT2D eigenvalue weighted by Gasteiger charge is 2.20. The number of nitrogens with one attached hydrogen (secondary N) is 2. The van der Waals surface area contributed by atoms with Gasteiger partial charge in [-0.05, 0) is 44.3 Å². The van der Waals surface area contributed by atoms with Crippen molar-refractivity contribution in [2.24, 2.45) is 0 Å². The van der Waals surface area contributed by atoms with Gasteiger partial charge in [0.2, 0.25) is 5.91 Å². The van der Waals surface area contributed by atoms with E-state index >= 15 is 0 Å². The third-order valence-electron chi connectivity index (χ3n) is 3.42. The molecule has 112 valence electrons. The summed E-state index contributed by atoms with van der Waals surface area (Å²) in [5.41, 5.74) is 0.795. The van der Waals surface area contributed by atoms with Crippen molar-refractivity contribution >= 4 is 24.0 Å². The number of anilines is 1. The molecule has 1 unspecified atom stereocenters. The lowest BCUT2D eigenvalue weighted by atomic mass is 10.2. The second-order valence-corrected chi connectivity index (χ2v) is 4.84. The van der Waals surface area contributed by atoms with Crippen molar-refractivity contribution in [1.29, 1.82) is 0 Å². The molecule has 0 bridgehead atoms. The number of hydrogen-bond acceptors (Lipinski definition) is 4. The van der Waals surface area contributed by atoms with E-state index in [2.05, 4.69) is 15.5 Å². The van der Waals surface area contributed by atoms with Crippen LogP contribution in [-0.4, -0.2) is 50.6 Å². The summed E-state index contributed by atoms with van der Waals surface area (Å²) in [6.45, 7) is 2.42. The highest BCUT2D eigenvalue weighted by molar-refractivity contribution is 5.92. The van der Waals surface area contributed by atoms with E-state index in [1.807, 2.05) is 31.3 Å². The number of benzene rings is 1. The summed E-state index contributed by atoms with van der Waals surface area (Å²) >= 11 is 0. The van der Waals surface area contributed by atoms with Gasteiger partial charge < -0.3 is 15.4 Å². The molecule has 1 heterocycles. The molecule has 1 amide bonds. The first kappa shape index (κ1) is 16.8. The molecule has 0 aromatic heterocycles. The molecule has 20 heavy (non-hydrogen) atoms. The third kappa shape index (κ3) is 4.67. The van der Waals surface area contributed by atoms with Gasteiger partial charge in [-0.3, -0.25) is 9.69 Å². The van der Waals surface area contributed by atoms with E-state index in [1.165, 1.54) is 0 Å². The number of carbonyl (C=O) groups excluding carboxylic acids is 1. The molecular formula is C14H22ClN3O2. The van der Waals surface area contributed by atoms with Gasteiger partial charge in [-0.25, -0.2) is 0 Å². The molecule has 1 aliphatic heterocycles. The molecule has 5 nitrogen and oxygen atoms in total. The van der Waals surface area contributed by atoms with Crippen LogP contribution in [0, 0.1) is 0 Å². The van der Waals surface area contributed by atoms with Gasteiger partial charge in [0.1, 0.15) is 5.75 Å². The van der Waals surface area contributed by atoms with Crippen LogP contribution in [0.3, 0.4) is 0 Å². The van der Waals surface area contributed by atoms with Gasteiger partial charge >= 0.3 is 0 Å². The van der Waals surface area contributed by atoms with Gasteiger partial charge in [0, 0.05) is 18.3 Å². The van der Waals surface area contributed by atoms with E-state index in [9.17, 15) is 4.79 Å². The van der Waals surface area contributed by atoms with Crippen LogP contribution in [0.1, 0.15) is 6.42 Å². The van der Waals surface area contributed by atoms with Crippen LogP contribution in [0.5, 0.6) is 5.75 Å². The van der Waals surface area contributed by atoms with Crippen LogP contribution in [0.15, 0.2) is 24.3 Å². The van der Waals surface area contributed by atoms with Crippen molar-refractivity contribution in [3.05, 3.63) is 24.3 Å². The molecule has 1 atom stereocenters. The maximum absolute atomic E-state index is 11.9. The maximum Gasteiger partial charge on any atom is 0.238 e. The van der Waals surface area contributed by atoms with Crippen molar-refractivity contribution in [1.82, 2.24) is 10.2 Å². The minimum Gasteiger partial charge on any atom is -0.497 e. The van der Waals surface area contributed by atoms with Crippen LogP contribution in [0.2, 0.25) is 0 Å². The SMILES string of the molecule is COc1ccc(NC(=O)CN(C)C2CCNC2)cc1.Cl. The van der Waals surface area contributed by atoms with Gasteiger partial charge in [-0.1, -0.05) is 0 Å². The van der Waals surface area contributed by atoms with E-state index in [-0.39, 0.29) is 18.3 Å². The molecule has 0 spiro atoms. The molecule has 1 fully saturated rings. The van der Waals surface area contributed by atoms with Crippen molar-refractivity contribution in [2.45, 2.75) is 12.5 Å². The van der Waals surface area contributed by atoms with Gasteiger partial charge in [0.25, 0.3) is 0 Å². The highest BCUT2D eigenvalue weighted by Crippen LogP contribution is 2.15. The van der Waals surface area contributed by atoms with Crippen LogP contribution in [0.25, 0.3) is 0 Å². The first-order valence-electron chi connectivity index (χ1n) is 6.54. The van der Waals surface area contributed by atoms with Crippen molar-refractivity contribution in [3.63, 3.8) is 0 Å². The normalized spacial score (nSPS) is 17.6. The number of halogens is 1. The number of hydrogen-bond donors (Lipinski definition) is 2. The first-order chi connectivity index (χ1) is 9.19. The predicted molar refractivity (Wildman–Crippen MR) is 82.8 cm³/mol. The quantitative estimate of drug-likeness (QED) is 0.862. The number of nitrogens with zero attached hydrogens (tertiary/aromatic N) is 1.